The second-order valence-electron chi connectivity index (χ2n) is 1.42. The SMILES string of the molecule is C=PO[P+]([O-])=C(C)C. The molecule has 0 aliphatic carbocycles. The molecule has 0 radical (unpaired) electrons. The van der Waals surface area contributed by atoms with E-state index >= 15 is 0 Å². The Morgan fingerprint density at radius 1 is 1.75 bits per heavy atom. The molecule has 0 amide bonds. The lowest BCUT2D eigenvalue weighted by molar-refractivity contribution is -0.165. The third kappa shape index (κ3) is 3.29. The van der Waals surface area contributed by atoms with E-state index in [0.717, 1.165) is 5.29 Å². The van der Waals surface area contributed by atoms with E-state index in [0.29, 0.717) is 8.43 Å². The van der Waals surface area contributed by atoms with Gasteiger partial charge in [-0.3, -0.25) is 0 Å². The van der Waals surface area contributed by atoms with E-state index in [1.165, 1.54) is 0 Å². The second-order valence-corrected chi connectivity index (χ2v) is 3.74. The van der Waals surface area contributed by atoms with Crippen molar-refractivity contribution in [1.29, 1.82) is 0 Å². The van der Waals surface area contributed by atoms with Gasteiger partial charge in [0.25, 0.3) is 0 Å². The molecule has 0 saturated carbocycles. The van der Waals surface area contributed by atoms with Crippen LogP contribution < -0.4 is 4.89 Å². The molecule has 0 aromatic heterocycles. The molecule has 0 heterocycles. The van der Waals surface area contributed by atoms with E-state index < -0.39 is 8.00 Å². The zero-order chi connectivity index (χ0) is 6.57. The first-order valence-electron chi connectivity index (χ1n) is 2.09. The summed E-state index contributed by atoms with van der Waals surface area (Å²) in [6, 6.07) is 0. The summed E-state index contributed by atoms with van der Waals surface area (Å²) in [6.45, 7) is 3.54. The Morgan fingerprint density at radius 3 is 2.38 bits per heavy atom. The van der Waals surface area contributed by atoms with Gasteiger partial charge >= 0.3 is 0 Å². The van der Waals surface area contributed by atoms with E-state index in [-0.39, 0.29) is 0 Å². The fourth-order valence-corrected chi connectivity index (χ4v) is 1.21. The van der Waals surface area contributed by atoms with Gasteiger partial charge in [0.05, 0.1) is 0 Å². The molecule has 0 spiro atoms. The predicted molar refractivity (Wildman–Crippen MR) is 38.4 cm³/mol. The second kappa shape index (κ2) is 4.17. The highest BCUT2D eigenvalue weighted by atomic mass is 31.2. The van der Waals surface area contributed by atoms with Crippen molar-refractivity contribution in [2.24, 2.45) is 0 Å². The fourth-order valence-electron chi connectivity index (χ4n) is 0.134. The standard InChI is InChI=1S/C4H8O2P2/c1-4(2)8(5)6-7-3/h3H2,1-2H3. The Kier molecular flexibility index (Phi) is 4.31. The van der Waals surface area contributed by atoms with Crippen LogP contribution in [0.3, 0.4) is 0 Å². The molecule has 0 aliphatic rings. The van der Waals surface area contributed by atoms with Crippen molar-refractivity contribution in [3.63, 3.8) is 0 Å². The van der Waals surface area contributed by atoms with Crippen LogP contribution in [0, 0.1) is 0 Å². The van der Waals surface area contributed by atoms with E-state index in [4.69, 9.17) is 0 Å². The maximum atomic E-state index is 10.6. The average Bonchev–Trinajstić information content (AvgIpc) is 1.67. The van der Waals surface area contributed by atoms with Gasteiger partial charge in [-0.05, 0) is 20.1 Å². The predicted octanol–water partition coefficient (Wildman–Crippen LogP) is 1.18. The monoisotopic (exact) mass is 150 g/mol. The van der Waals surface area contributed by atoms with E-state index in [1.807, 2.05) is 0 Å². The molecule has 0 N–H and O–H groups in total. The normalized spacial score (nSPS) is 11.6. The largest absolute Gasteiger partial charge is 0.602 e. The maximum absolute atomic E-state index is 10.6. The molecule has 0 fully saturated rings. The minimum atomic E-state index is -1.55. The smallest absolute Gasteiger partial charge is 0.232 e. The van der Waals surface area contributed by atoms with Gasteiger partial charge in [-0.25, -0.2) is 0 Å². The Hall–Kier alpha value is 0.260. The third-order valence-electron chi connectivity index (χ3n) is 0.497. The van der Waals surface area contributed by atoms with E-state index in [9.17, 15) is 4.89 Å². The molecule has 4 heteroatoms. The van der Waals surface area contributed by atoms with Gasteiger partial charge in [0, 0.05) is 0 Å². The summed E-state index contributed by atoms with van der Waals surface area (Å²) in [6.07, 6.45) is 3.36. The molecule has 46 valence electrons. The third-order valence-corrected chi connectivity index (χ3v) is 2.28. The zero-order valence-electron chi connectivity index (χ0n) is 4.92. The number of hydrogen-bond acceptors (Lipinski definition) is 2. The summed E-state index contributed by atoms with van der Waals surface area (Å²) in [7, 11) is -1.07. The Bertz CT molecular complexity index is 115. The number of hydrogen-bond donors (Lipinski definition) is 0. The Labute approximate surface area is 51.9 Å². The van der Waals surface area contributed by atoms with Crippen molar-refractivity contribution in [3.05, 3.63) is 0 Å². The summed E-state index contributed by atoms with van der Waals surface area (Å²) in [4.78, 5) is 10.6. The van der Waals surface area contributed by atoms with Gasteiger partial charge in [-0.15, -0.1) is 4.31 Å². The van der Waals surface area contributed by atoms with Gasteiger partial charge in [0.15, 0.2) is 0 Å². The molecular weight excluding hydrogens is 142 g/mol. The molecule has 0 aromatic carbocycles. The highest BCUT2D eigenvalue weighted by molar-refractivity contribution is 7.54. The molecule has 1 unspecified atom stereocenters. The van der Waals surface area contributed by atoms with Crippen LogP contribution in [-0.4, -0.2) is 11.6 Å². The van der Waals surface area contributed by atoms with Crippen molar-refractivity contribution >= 4 is 28.0 Å². The summed E-state index contributed by atoms with van der Waals surface area (Å²) >= 11 is 0. The molecule has 1 atom stereocenters. The lowest BCUT2D eigenvalue weighted by Crippen LogP contribution is -1.92. The van der Waals surface area contributed by atoms with Gasteiger partial charge in [0.2, 0.25) is 8.00 Å². The van der Waals surface area contributed by atoms with Crippen molar-refractivity contribution in [2.45, 2.75) is 13.8 Å². The van der Waals surface area contributed by atoms with Gasteiger partial charge in [-0.1, -0.05) is 0 Å². The van der Waals surface area contributed by atoms with Crippen LogP contribution >= 0.6 is 16.4 Å². The molecule has 0 saturated heterocycles. The average molecular weight is 150 g/mol. The highest BCUT2D eigenvalue weighted by Crippen LogP contribution is 2.21. The van der Waals surface area contributed by atoms with Gasteiger partial charge < -0.3 is 4.89 Å². The van der Waals surface area contributed by atoms with Crippen molar-refractivity contribution in [1.82, 2.24) is 0 Å². The van der Waals surface area contributed by atoms with Gasteiger partial charge in [-0.2, -0.15) is 0 Å². The maximum Gasteiger partial charge on any atom is 0.232 e. The minimum Gasteiger partial charge on any atom is -0.602 e. The summed E-state index contributed by atoms with van der Waals surface area (Å²) in [5.74, 6) is 0. The number of rotatable bonds is 2. The molecular formula is C4H8O2P2. The van der Waals surface area contributed by atoms with Crippen LogP contribution in [0.4, 0.5) is 0 Å². The van der Waals surface area contributed by atoms with E-state index in [1.54, 1.807) is 13.8 Å². The molecule has 0 aromatic rings. The molecule has 0 bridgehead atoms. The van der Waals surface area contributed by atoms with Crippen LogP contribution in [0.2, 0.25) is 0 Å². The van der Waals surface area contributed by atoms with Crippen LogP contribution in [0.5, 0.6) is 0 Å². The minimum absolute atomic E-state index is 0.480. The van der Waals surface area contributed by atoms with Crippen molar-refractivity contribution in [2.75, 3.05) is 0 Å². The van der Waals surface area contributed by atoms with Crippen molar-refractivity contribution in [3.8, 4) is 0 Å². The first-order valence-corrected chi connectivity index (χ1v) is 4.26. The lowest BCUT2D eigenvalue weighted by Gasteiger charge is -1.90. The fraction of sp³-hybridized carbons (Fsp3) is 0.500. The summed E-state index contributed by atoms with van der Waals surface area (Å²) in [5.41, 5.74) is 0. The topological polar surface area (TPSA) is 32.3 Å². The Morgan fingerprint density at radius 2 is 2.25 bits per heavy atom. The molecule has 0 aliphatic heterocycles. The van der Waals surface area contributed by atoms with Crippen LogP contribution in [0.15, 0.2) is 0 Å². The lowest BCUT2D eigenvalue weighted by atomic mass is 10.6. The highest BCUT2D eigenvalue weighted by Gasteiger charge is 1.95. The van der Waals surface area contributed by atoms with Crippen LogP contribution in [-0.2, 0) is 4.31 Å². The van der Waals surface area contributed by atoms with Crippen LogP contribution in [0.1, 0.15) is 13.8 Å². The Balaban J connectivity index is 3.79. The summed E-state index contributed by atoms with van der Waals surface area (Å²) in [5, 5.41) is 0.802. The van der Waals surface area contributed by atoms with E-state index in [2.05, 4.69) is 10.6 Å². The zero-order valence-corrected chi connectivity index (χ0v) is 6.71. The first kappa shape index (κ1) is 8.26. The molecule has 0 rings (SSSR count). The van der Waals surface area contributed by atoms with Gasteiger partial charge in [0.1, 0.15) is 13.7 Å². The quantitative estimate of drug-likeness (QED) is 0.553. The summed E-state index contributed by atoms with van der Waals surface area (Å²) < 4.78 is 4.64. The van der Waals surface area contributed by atoms with Crippen LogP contribution in [0.25, 0.3) is 0 Å². The molecule has 8 heavy (non-hydrogen) atoms. The van der Waals surface area contributed by atoms with Crippen molar-refractivity contribution < 1.29 is 9.20 Å². The molecule has 2 nitrogen and oxygen atoms in total. The first-order chi connectivity index (χ1) is 3.68.